The lowest BCUT2D eigenvalue weighted by Gasteiger charge is -2.12. The summed E-state index contributed by atoms with van der Waals surface area (Å²) in [5, 5.41) is 6.09. The molecule has 0 fully saturated rings. The van der Waals surface area contributed by atoms with Crippen LogP contribution in [0.5, 0.6) is 0 Å². The highest BCUT2D eigenvalue weighted by Gasteiger charge is 2.09. The Kier molecular flexibility index (Phi) is 5.91. The van der Waals surface area contributed by atoms with Crippen LogP contribution < -0.4 is 16.4 Å². The molecule has 2 aromatic rings. The molecule has 4 N–H and O–H groups in total. The molecular formula is C14H14ClN4O3S-. The number of aromatic nitrogens is 1. The number of carbonyl (C=O) groups is 1. The van der Waals surface area contributed by atoms with E-state index in [4.69, 9.17) is 17.3 Å². The van der Waals surface area contributed by atoms with E-state index in [0.29, 0.717) is 17.9 Å². The third-order valence-corrected chi connectivity index (χ3v) is 3.53. The number of halogens is 1. The van der Waals surface area contributed by atoms with Crippen LogP contribution in [0.25, 0.3) is 0 Å². The van der Waals surface area contributed by atoms with Gasteiger partial charge < -0.3 is 20.9 Å². The zero-order valence-corrected chi connectivity index (χ0v) is 13.5. The lowest BCUT2D eigenvalue weighted by Crippen LogP contribution is -2.15. The minimum atomic E-state index is -2.17. The minimum Gasteiger partial charge on any atom is -0.771 e. The first kappa shape index (κ1) is 17.2. The zero-order valence-electron chi connectivity index (χ0n) is 11.9. The molecule has 1 amide bonds. The van der Waals surface area contributed by atoms with Crippen LogP contribution >= 0.6 is 11.6 Å². The maximum Gasteiger partial charge on any atom is 0.252 e. The van der Waals surface area contributed by atoms with Gasteiger partial charge >= 0.3 is 0 Å². The predicted molar refractivity (Wildman–Crippen MR) is 88.9 cm³/mol. The first-order chi connectivity index (χ1) is 11.0. The lowest BCUT2D eigenvalue weighted by atomic mass is 10.1. The molecule has 0 bridgehead atoms. The fourth-order valence-corrected chi connectivity index (χ4v) is 2.35. The van der Waals surface area contributed by atoms with Crippen molar-refractivity contribution in [3.05, 3.63) is 52.8 Å². The normalized spacial score (nSPS) is 11.7. The van der Waals surface area contributed by atoms with Crippen molar-refractivity contribution in [2.75, 3.05) is 16.5 Å². The average Bonchev–Trinajstić information content (AvgIpc) is 2.51. The molecular weight excluding hydrogens is 340 g/mol. The number of nitrogens with one attached hydrogen (secondary N) is 2. The third-order valence-electron chi connectivity index (χ3n) is 2.94. The molecule has 7 nitrogen and oxygen atoms in total. The van der Waals surface area contributed by atoms with Crippen molar-refractivity contribution in [1.29, 1.82) is 0 Å². The van der Waals surface area contributed by atoms with Crippen molar-refractivity contribution in [3.63, 3.8) is 0 Å². The molecule has 1 unspecified atom stereocenters. The van der Waals surface area contributed by atoms with Gasteiger partial charge in [-0.2, -0.15) is 0 Å². The number of hydrogen-bond acceptors (Lipinski definition) is 6. The van der Waals surface area contributed by atoms with Crippen molar-refractivity contribution >= 4 is 40.0 Å². The van der Waals surface area contributed by atoms with E-state index in [0.717, 1.165) is 5.56 Å². The predicted octanol–water partition coefficient (Wildman–Crippen LogP) is 1.69. The van der Waals surface area contributed by atoms with Crippen LogP contribution in [-0.4, -0.2) is 25.5 Å². The van der Waals surface area contributed by atoms with E-state index in [1.54, 1.807) is 18.2 Å². The third kappa shape index (κ3) is 5.20. The molecule has 0 saturated heterocycles. The molecule has 0 aliphatic heterocycles. The van der Waals surface area contributed by atoms with Crippen LogP contribution in [0.2, 0.25) is 5.15 Å². The Bertz CT molecular complexity index is 742. The Balaban J connectivity index is 2.09. The summed E-state index contributed by atoms with van der Waals surface area (Å²) in [4.78, 5) is 15.2. The first-order valence-electron chi connectivity index (χ1n) is 6.53. The van der Waals surface area contributed by atoms with E-state index >= 15 is 0 Å². The molecule has 0 saturated carbocycles. The Morgan fingerprint density at radius 2 is 2.13 bits per heavy atom. The highest BCUT2D eigenvalue weighted by molar-refractivity contribution is 7.79. The van der Waals surface area contributed by atoms with E-state index in [1.165, 1.54) is 12.3 Å². The largest absolute Gasteiger partial charge is 0.771 e. The molecule has 0 spiro atoms. The Morgan fingerprint density at radius 1 is 1.35 bits per heavy atom. The summed E-state index contributed by atoms with van der Waals surface area (Å²) >= 11 is 3.66. The molecule has 0 aliphatic rings. The molecule has 1 aromatic carbocycles. The van der Waals surface area contributed by atoms with Crippen molar-refractivity contribution in [2.45, 2.75) is 6.54 Å². The van der Waals surface area contributed by atoms with Crippen molar-refractivity contribution in [2.24, 2.45) is 5.73 Å². The van der Waals surface area contributed by atoms with E-state index in [9.17, 15) is 13.6 Å². The minimum absolute atomic E-state index is 0.164. The fourth-order valence-electron chi connectivity index (χ4n) is 1.90. The summed E-state index contributed by atoms with van der Waals surface area (Å²) in [6.07, 6.45) is 1.31. The number of benzene rings is 1. The van der Waals surface area contributed by atoms with Gasteiger partial charge in [-0.15, -0.1) is 0 Å². The maximum absolute atomic E-state index is 11.4. The van der Waals surface area contributed by atoms with Crippen molar-refractivity contribution in [1.82, 2.24) is 4.98 Å². The van der Waals surface area contributed by atoms with Gasteiger partial charge in [0.1, 0.15) is 5.15 Å². The summed E-state index contributed by atoms with van der Waals surface area (Å²) in [6, 6.07) is 8.73. The number of nitrogens with two attached hydrogens (primary N) is 1. The lowest BCUT2D eigenvalue weighted by molar-refractivity contribution is 0.100. The Labute approximate surface area is 140 Å². The molecule has 1 atom stereocenters. The van der Waals surface area contributed by atoms with Crippen molar-refractivity contribution < 1.29 is 13.6 Å². The number of carbonyl (C=O) groups excluding carboxylic acids is 1. The molecule has 0 radical (unpaired) electrons. The van der Waals surface area contributed by atoms with Gasteiger partial charge in [0.25, 0.3) is 5.91 Å². The number of pyridine rings is 1. The second kappa shape index (κ2) is 7.91. The second-order valence-electron chi connectivity index (χ2n) is 4.60. The highest BCUT2D eigenvalue weighted by atomic mass is 35.5. The molecule has 23 heavy (non-hydrogen) atoms. The molecule has 9 heteroatoms. The molecule has 1 aromatic heterocycles. The van der Waals surface area contributed by atoms with Crippen LogP contribution in [0.1, 0.15) is 15.9 Å². The van der Waals surface area contributed by atoms with Gasteiger partial charge in [-0.3, -0.25) is 9.00 Å². The first-order valence-corrected chi connectivity index (χ1v) is 8.16. The van der Waals surface area contributed by atoms with Crippen molar-refractivity contribution in [3.8, 4) is 0 Å². The van der Waals surface area contributed by atoms with Crippen LogP contribution in [0.4, 0.5) is 11.4 Å². The summed E-state index contributed by atoms with van der Waals surface area (Å²) in [5.74, 6) is -0.770. The van der Waals surface area contributed by atoms with E-state index in [-0.39, 0.29) is 16.6 Å². The van der Waals surface area contributed by atoms with E-state index in [1.807, 2.05) is 6.07 Å². The van der Waals surface area contributed by atoms with Crippen LogP contribution in [0.3, 0.4) is 0 Å². The van der Waals surface area contributed by atoms with E-state index in [2.05, 4.69) is 15.6 Å². The van der Waals surface area contributed by atoms with Gasteiger partial charge in [-0.05, 0) is 34.8 Å². The van der Waals surface area contributed by atoms with Gasteiger partial charge in [0.15, 0.2) is 0 Å². The molecule has 2 rings (SSSR count). The topological polar surface area (TPSA) is 120 Å². The second-order valence-corrected chi connectivity index (χ2v) is 5.88. The molecule has 122 valence electrons. The summed E-state index contributed by atoms with van der Waals surface area (Å²) in [7, 11) is 0. The molecule has 0 aliphatic carbocycles. The number of primary amides is 1. The summed E-state index contributed by atoms with van der Waals surface area (Å²) < 4.78 is 21.1. The van der Waals surface area contributed by atoms with Gasteiger partial charge in [0.05, 0.1) is 17.1 Å². The number of rotatable bonds is 7. The Morgan fingerprint density at radius 3 is 2.83 bits per heavy atom. The van der Waals surface area contributed by atoms with Crippen LogP contribution in [0, 0.1) is 0 Å². The summed E-state index contributed by atoms with van der Waals surface area (Å²) in [5.41, 5.74) is 7.58. The van der Waals surface area contributed by atoms with Crippen LogP contribution in [0.15, 0.2) is 36.5 Å². The molecule has 1 heterocycles. The number of amides is 1. The van der Waals surface area contributed by atoms with Gasteiger partial charge in [-0.25, -0.2) is 4.98 Å². The van der Waals surface area contributed by atoms with Crippen LogP contribution in [-0.2, 0) is 17.6 Å². The van der Waals surface area contributed by atoms with Gasteiger partial charge in [0, 0.05) is 18.4 Å². The Hall–Kier alpha value is -2.16. The quantitative estimate of drug-likeness (QED) is 0.514. The smallest absolute Gasteiger partial charge is 0.252 e. The fraction of sp³-hybridized carbons (Fsp3) is 0.143. The number of nitrogens with zero attached hydrogens (tertiary/aromatic N) is 1. The highest BCUT2D eigenvalue weighted by Crippen LogP contribution is 2.20. The average molecular weight is 354 g/mol. The number of anilines is 2. The van der Waals surface area contributed by atoms with E-state index < -0.39 is 17.0 Å². The van der Waals surface area contributed by atoms with Gasteiger partial charge in [-0.1, -0.05) is 23.7 Å². The van der Waals surface area contributed by atoms with Gasteiger partial charge in [0.2, 0.25) is 0 Å². The monoisotopic (exact) mass is 353 g/mol. The maximum atomic E-state index is 11.4. The number of hydrogen-bond donors (Lipinski definition) is 3. The summed E-state index contributed by atoms with van der Waals surface area (Å²) in [6.45, 7) is 0.399. The standard InChI is InChI=1S/C14H15ClN4O3S/c15-13-5-12(11(7-18-13)14(16)20)17-6-9-2-1-3-10(4-9)19-8-23(21)22/h1-5,7,19H,6,8H2,(H2,16,20)(H,17,18)(H,21,22)/p-1. The SMILES string of the molecule is NC(=O)c1cnc(Cl)cc1NCc1cccc(NCS(=O)[O-])c1. The zero-order chi connectivity index (χ0) is 16.8.